The first-order chi connectivity index (χ1) is 8.96. The molecule has 0 heterocycles. The van der Waals surface area contributed by atoms with E-state index in [9.17, 15) is 4.79 Å². The van der Waals surface area contributed by atoms with Crippen LogP contribution in [0.4, 0.5) is 0 Å². The molecule has 2 bridgehead atoms. The smallest absolute Gasteiger partial charge is 0.309 e. The van der Waals surface area contributed by atoms with Crippen LogP contribution in [0.2, 0.25) is 0 Å². The highest BCUT2D eigenvalue weighted by Crippen LogP contribution is 2.60. The lowest BCUT2D eigenvalue weighted by Crippen LogP contribution is -2.61. The van der Waals surface area contributed by atoms with Crippen molar-refractivity contribution < 1.29 is 9.53 Å². The van der Waals surface area contributed by atoms with Crippen molar-refractivity contribution >= 4 is 5.97 Å². The molecular formula is C16H27NO2. The molecule has 4 atom stereocenters. The third-order valence-electron chi connectivity index (χ3n) is 5.34. The van der Waals surface area contributed by atoms with Gasteiger partial charge in [-0.3, -0.25) is 4.79 Å². The van der Waals surface area contributed by atoms with Crippen LogP contribution < -0.4 is 5.73 Å². The van der Waals surface area contributed by atoms with Crippen LogP contribution in [0.1, 0.15) is 46.5 Å². The third-order valence-corrected chi connectivity index (χ3v) is 5.34. The summed E-state index contributed by atoms with van der Waals surface area (Å²) in [4.78, 5) is 11.2. The van der Waals surface area contributed by atoms with Crippen LogP contribution in [0, 0.1) is 23.2 Å². The Labute approximate surface area is 116 Å². The maximum absolute atomic E-state index is 11.2. The number of ether oxygens (including phenoxy) is 1. The molecule has 3 saturated carbocycles. The molecule has 19 heavy (non-hydrogen) atoms. The first-order valence-electron chi connectivity index (χ1n) is 7.53. The van der Waals surface area contributed by atoms with Crippen LogP contribution in [-0.4, -0.2) is 18.6 Å². The molecule has 0 spiro atoms. The van der Waals surface area contributed by atoms with Crippen molar-refractivity contribution in [1.82, 2.24) is 0 Å². The van der Waals surface area contributed by atoms with E-state index in [2.05, 4.69) is 19.9 Å². The first kappa shape index (κ1) is 14.6. The van der Waals surface area contributed by atoms with Crippen molar-refractivity contribution in [2.75, 3.05) is 6.61 Å². The molecule has 0 aliphatic heterocycles. The number of nitrogens with two attached hydrogens (primary N) is 1. The van der Waals surface area contributed by atoms with Crippen LogP contribution in [0.25, 0.3) is 0 Å². The van der Waals surface area contributed by atoms with E-state index in [1.807, 2.05) is 13.0 Å². The van der Waals surface area contributed by atoms with E-state index in [0.29, 0.717) is 36.3 Å². The molecule has 2 N–H and O–H groups in total. The summed E-state index contributed by atoms with van der Waals surface area (Å²) in [7, 11) is 0. The number of hydrogen-bond acceptors (Lipinski definition) is 3. The zero-order valence-corrected chi connectivity index (χ0v) is 12.4. The average molecular weight is 265 g/mol. The van der Waals surface area contributed by atoms with Crippen molar-refractivity contribution in [2.45, 2.75) is 52.5 Å². The van der Waals surface area contributed by atoms with Crippen LogP contribution in [0.15, 0.2) is 12.2 Å². The van der Waals surface area contributed by atoms with Crippen molar-refractivity contribution in [3.63, 3.8) is 0 Å². The minimum Gasteiger partial charge on any atom is -0.466 e. The average Bonchev–Trinajstić information content (AvgIpc) is 2.35. The summed E-state index contributed by atoms with van der Waals surface area (Å²) in [6.07, 6.45) is 7.98. The molecule has 0 amide bonds. The fourth-order valence-electron chi connectivity index (χ4n) is 3.88. The van der Waals surface area contributed by atoms with E-state index in [-0.39, 0.29) is 5.97 Å². The predicted octanol–water partition coefficient (Wildman–Crippen LogP) is 2.90. The zero-order chi connectivity index (χ0) is 14.0. The minimum atomic E-state index is -0.143. The molecular weight excluding hydrogens is 238 g/mol. The lowest BCUT2D eigenvalue weighted by atomic mass is 9.45. The van der Waals surface area contributed by atoms with Gasteiger partial charge in [-0.05, 0) is 49.4 Å². The Morgan fingerprint density at radius 2 is 2.11 bits per heavy atom. The third kappa shape index (κ3) is 2.86. The first-order valence-corrected chi connectivity index (χ1v) is 7.53. The van der Waals surface area contributed by atoms with Crippen molar-refractivity contribution in [2.24, 2.45) is 28.9 Å². The largest absolute Gasteiger partial charge is 0.466 e. The van der Waals surface area contributed by atoms with Gasteiger partial charge >= 0.3 is 5.97 Å². The highest BCUT2D eigenvalue weighted by molar-refractivity contribution is 5.71. The van der Waals surface area contributed by atoms with E-state index in [4.69, 9.17) is 10.5 Å². The van der Waals surface area contributed by atoms with E-state index >= 15 is 0 Å². The molecule has 4 unspecified atom stereocenters. The van der Waals surface area contributed by atoms with Crippen molar-refractivity contribution in [3.8, 4) is 0 Å². The summed E-state index contributed by atoms with van der Waals surface area (Å²) in [6.45, 7) is 7.01. The maximum atomic E-state index is 11.2. The summed E-state index contributed by atoms with van der Waals surface area (Å²) >= 11 is 0. The highest BCUT2D eigenvalue weighted by atomic mass is 16.5. The van der Waals surface area contributed by atoms with Crippen LogP contribution in [0.3, 0.4) is 0 Å². The van der Waals surface area contributed by atoms with Gasteiger partial charge in [0.25, 0.3) is 0 Å². The molecule has 3 rings (SSSR count). The topological polar surface area (TPSA) is 52.3 Å². The second-order valence-corrected chi connectivity index (χ2v) is 6.65. The Hall–Kier alpha value is -0.830. The van der Waals surface area contributed by atoms with Crippen molar-refractivity contribution in [1.29, 1.82) is 0 Å². The number of allylic oxidation sites excluding steroid dienone is 1. The predicted molar refractivity (Wildman–Crippen MR) is 76.5 cm³/mol. The van der Waals surface area contributed by atoms with Gasteiger partial charge in [-0.15, -0.1) is 0 Å². The monoisotopic (exact) mass is 265 g/mol. The lowest BCUT2D eigenvalue weighted by Gasteiger charge is -2.61. The Balaban J connectivity index is 1.76. The summed E-state index contributed by atoms with van der Waals surface area (Å²) in [5.74, 6) is 1.99. The van der Waals surface area contributed by atoms with E-state index in [1.165, 1.54) is 12.8 Å². The van der Waals surface area contributed by atoms with Crippen LogP contribution >= 0.6 is 0 Å². The van der Waals surface area contributed by atoms with Gasteiger partial charge in [-0.25, -0.2) is 0 Å². The minimum absolute atomic E-state index is 0.143. The molecule has 0 saturated heterocycles. The van der Waals surface area contributed by atoms with Gasteiger partial charge in [0.2, 0.25) is 0 Å². The number of carbonyl (C=O) groups excluding carboxylic acids is 1. The number of fused-ring (bicyclic) bond motifs is 2. The summed E-state index contributed by atoms with van der Waals surface area (Å²) in [6, 6.07) is 0.326. The Kier molecular flexibility index (Phi) is 4.34. The SMILES string of the molecule is CCOC(=O)CC=CCC1CC2CC(C1N)C2(C)C. The Morgan fingerprint density at radius 1 is 1.37 bits per heavy atom. The van der Waals surface area contributed by atoms with Crippen molar-refractivity contribution in [3.05, 3.63) is 12.2 Å². The number of esters is 1. The van der Waals surface area contributed by atoms with E-state index < -0.39 is 0 Å². The van der Waals surface area contributed by atoms with Gasteiger partial charge in [0, 0.05) is 6.04 Å². The molecule has 3 heteroatoms. The van der Waals surface area contributed by atoms with Gasteiger partial charge in [0.05, 0.1) is 13.0 Å². The quantitative estimate of drug-likeness (QED) is 0.614. The fraction of sp³-hybridized carbons (Fsp3) is 0.812. The molecule has 0 aromatic heterocycles. The lowest BCUT2D eigenvalue weighted by molar-refractivity contribution is -0.142. The molecule has 0 radical (unpaired) electrons. The van der Waals surface area contributed by atoms with Crippen LogP contribution in [-0.2, 0) is 9.53 Å². The highest BCUT2D eigenvalue weighted by Gasteiger charge is 2.56. The van der Waals surface area contributed by atoms with Gasteiger partial charge in [0.15, 0.2) is 0 Å². The second kappa shape index (κ2) is 5.66. The van der Waals surface area contributed by atoms with Gasteiger partial charge < -0.3 is 10.5 Å². The summed E-state index contributed by atoms with van der Waals surface area (Å²) in [5, 5.41) is 0. The fourth-order valence-corrected chi connectivity index (χ4v) is 3.88. The zero-order valence-electron chi connectivity index (χ0n) is 12.4. The van der Waals surface area contributed by atoms with Crippen LogP contribution in [0.5, 0.6) is 0 Å². The molecule has 0 aromatic carbocycles. The molecule has 3 nitrogen and oxygen atoms in total. The standard InChI is InChI=1S/C16H27NO2/c1-4-19-14(18)8-6-5-7-11-9-12-10-13(15(11)17)16(12,2)3/h5-6,11-13,15H,4,7-10,17H2,1-3H3. The molecule has 3 aliphatic rings. The number of rotatable bonds is 5. The summed E-state index contributed by atoms with van der Waals surface area (Å²) < 4.78 is 4.89. The second-order valence-electron chi connectivity index (χ2n) is 6.65. The van der Waals surface area contributed by atoms with Gasteiger partial charge in [-0.1, -0.05) is 26.0 Å². The number of hydrogen-bond donors (Lipinski definition) is 1. The Bertz CT molecular complexity index is 362. The Morgan fingerprint density at radius 3 is 2.68 bits per heavy atom. The number of carbonyl (C=O) groups is 1. The normalized spacial score (nSPS) is 36.0. The molecule has 0 aromatic rings. The van der Waals surface area contributed by atoms with E-state index in [0.717, 1.165) is 12.3 Å². The molecule has 3 fully saturated rings. The summed E-state index contributed by atoms with van der Waals surface area (Å²) in [5.41, 5.74) is 6.85. The van der Waals surface area contributed by atoms with E-state index in [1.54, 1.807) is 0 Å². The van der Waals surface area contributed by atoms with Gasteiger partial charge in [0.1, 0.15) is 0 Å². The molecule has 3 aliphatic carbocycles. The molecule has 108 valence electrons. The van der Waals surface area contributed by atoms with Gasteiger partial charge in [-0.2, -0.15) is 0 Å². The maximum Gasteiger partial charge on any atom is 0.309 e.